The molecule has 1 atom stereocenters. The fraction of sp³-hybridized carbons (Fsp3) is 0.889. The number of rotatable bonds is 4. The lowest BCUT2D eigenvalue weighted by atomic mass is 10.3. The molecule has 1 N–H and O–H groups in total. The minimum Gasteiger partial charge on any atom is -0.380 e. The third kappa shape index (κ3) is 4.52. The molecule has 0 saturated carbocycles. The van der Waals surface area contributed by atoms with Crippen molar-refractivity contribution in [1.82, 2.24) is 5.32 Å². The van der Waals surface area contributed by atoms with Crippen molar-refractivity contribution in [1.29, 1.82) is 0 Å². The number of nitrogens with zero attached hydrogens (tertiary/aromatic N) is 1. The first-order valence-electron chi connectivity index (χ1n) is 4.84. The topological polar surface area (TPSA) is 33.6 Å². The number of hydrogen-bond donors (Lipinski definition) is 1. The average molecular weight is 202 g/mol. The number of thioether (sulfide) groups is 1. The minimum absolute atomic E-state index is 0.576. The molecule has 4 heteroatoms. The zero-order valence-electron chi connectivity index (χ0n) is 8.38. The summed E-state index contributed by atoms with van der Waals surface area (Å²) in [7, 11) is 0. The van der Waals surface area contributed by atoms with Crippen molar-refractivity contribution in [2.24, 2.45) is 4.99 Å². The van der Waals surface area contributed by atoms with E-state index in [-0.39, 0.29) is 0 Å². The highest BCUT2D eigenvalue weighted by molar-refractivity contribution is 8.13. The van der Waals surface area contributed by atoms with Crippen LogP contribution < -0.4 is 5.32 Å². The van der Waals surface area contributed by atoms with Gasteiger partial charge in [-0.25, -0.2) is 0 Å². The van der Waals surface area contributed by atoms with Crippen LogP contribution in [0.4, 0.5) is 0 Å². The molecule has 3 nitrogen and oxygen atoms in total. The van der Waals surface area contributed by atoms with Crippen LogP contribution in [0.3, 0.4) is 0 Å². The van der Waals surface area contributed by atoms with Crippen molar-refractivity contribution in [3.8, 4) is 0 Å². The number of aliphatic imine (C=N–C) groups is 1. The fourth-order valence-corrected chi connectivity index (χ4v) is 2.24. The summed E-state index contributed by atoms with van der Waals surface area (Å²) in [6, 6.07) is 0.576. The summed E-state index contributed by atoms with van der Waals surface area (Å²) in [5.74, 6) is 1.18. The van der Waals surface area contributed by atoms with E-state index in [2.05, 4.69) is 17.2 Å². The van der Waals surface area contributed by atoms with Gasteiger partial charge in [0.2, 0.25) is 0 Å². The molecule has 0 radical (unpaired) electrons. The highest BCUT2D eigenvalue weighted by Gasteiger charge is 2.11. The van der Waals surface area contributed by atoms with E-state index in [1.165, 1.54) is 12.2 Å². The Morgan fingerprint density at radius 2 is 2.54 bits per heavy atom. The zero-order chi connectivity index (χ0) is 9.52. The van der Waals surface area contributed by atoms with Crippen LogP contribution in [0.5, 0.6) is 0 Å². The molecule has 1 saturated heterocycles. The number of hydrogen-bond acceptors (Lipinski definition) is 3. The fourth-order valence-electron chi connectivity index (χ4n) is 1.10. The van der Waals surface area contributed by atoms with Crippen molar-refractivity contribution >= 4 is 16.9 Å². The van der Waals surface area contributed by atoms with Gasteiger partial charge in [0, 0.05) is 18.4 Å². The molecular weight excluding hydrogens is 184 g/mol. The second-order valence-electron chi connectivity index (χ2n) is 3.07. The molecule has 76 valence electrons. The second-order valence-corrected chi connectivity index (χ2v) is 4.15. The van der Waals surface area contributed by atoms with Crippen molar-refractivity contribution < 1.29 is 4.74 Å². The monoisotopic (exact) mass is 202 g/mol. The highest BCUT2D eigenvalue weighted by Crippen LogP contribution is 2.12. The van der Waals surface area contributed by atoms with Crippen LogP contribution in [-0.2, 0) is 4.74 Å². The summed E-state index contributed by atoms with van der Waals surface area (Å²) in [6.07, 6.45) is 1.23. The predicted molar refractivity (Wildman–Crippen MR) is 58.5 cm³/mol. The van der Waals surface area contributed by atoms with E-state index in [0.29, 0.717) is 6.04 Å². The maximum atomic E-state index is 5.21. The summed E-state index contributed by atoms with van der Waals surface area (Å²) in [4.78, 5) is 4.41. The third-order valence-electron chi connectivity index (χ3n) is 1.85. The molecule has 1 fully saturated rings. The molecule has 0 aromatic carbocycles. The minimum atomic E-state index is 0.576. The Labute approximate surface area is 84.3 Å². The van der Waals surface area contributed by atoms with E-state index in [0.717, 1.165) is 24.9 Å². The van der Waals surface area contributed by atoms with Crippen LogP contribution in [0.1, 0.15) is 20.3 Å². The molecule has 1 aliphatic rings. The number of ether oxygens (including phenoxy) is 1. The summed E-state index contributed by atoms with van der Waals surface area (Å²) in [5, 5.41) is 4.43. The average Bonchev–Trinajstić information content (AvgIpc) is 2.13. The lowest BCUT2D eigenvalue weighted by Gasteiger charge is -2.21. The van der Waals surface area contributed by atoms with Gasteiger partial charge in [-0.3, -0.25) is 4.99 Å². The van der Waals surface area contributed by atoms with Crippen molar-refractivity contribution in [2.45, 2.75) is 26.3 Å². The Kier molecular flexibility index (Phi) is 5.23. The molecule has 0 bridgehead atoms. The maximum absolute atomic E-state index is 5.21. The van der Waals surface area contributed by atoms with Crippen LogP contribution in [0.2, 0.25) is 0 Å². The van der Waals surface area contributed by atoms with Crippen molar-refractivity contribution in [3.63, 3.8) is 0 Å². The van der Waals surface area contributed by atoms with Gasteiger partial charge < -0.3 is 10.1 Å². The summed E-state index contributed by atoms with van der Waals surface area (Å²) in [5.41, 5.74) is 0. The lowest BCUT2D eigenvalue weighted by Crippen LogP contribution is -2.35. The van der Waals surface area contributed by atoms with Gasteiger partial charge in [-0.15, -0.1) is 0 Å². The van der Waals surface area contributed by atoms with E-state index in [4.69, 9.17) is 4.74 Å². The Morgan fingerprint density at radius 3 is 3.23 bits per heavy atom. The molecule has 1 unspecified atom stereocenters. The second kappa shape index (κ2) is 6.27. The third-order valence-corrected chi connectivity index (χ3v) is 2.81. The molecule has 0 aliphatic carbocycles. The Morgan fingerprint density at radius 1 is 1.69 bits per heavy atom. The van der Waals surface area contributed by atoms with Gasteiger partial charge >= 0.3 is 0 Å². The Bertz CT molecular complexity index is 173. The zero-order valence-corrected chi connectivity index (χ0v) is 9.19. The SMILES string of the molecule is CCOCCN=C1NC(C)CCS1. The Balaban J connectivity index is 2.17. The molecule has 1 heterocycles. The van der Waals surface area contributed by atoms with Gasteiger partial charge in [0.15, 0.2) is 5.17 Å². The van der Waals surface area contributed by atoms with Crippen molar-refractivity contribution in [3.05, 3.63) is 0 Å². The molecule has 1 rings (SSSR count). The maximum Gasteiger partial charge on any atom is 0.156 e. The summed E-state index contributed by atoms with van der Waals surface area (Å²) in [6.45, 7) is 6.48. The normalized spacial score (nSPS) is 26.0. The van der Waals surface area contributed by atoms with E-state index in [1.54, 1.807) is 0 Å². The van der Waals surface area contributed by atoms with Gasteiger partial charge in [0.05, 0.1) is 13.2 Å². The smallest absolute Gasteiger partial charge is 0.156 e. The molecular formula is C9H18N2OS. The first-order valence-corrected chi connectivity index (χ1v) is 5.83. The van der Waals surface area contributed by atoms with Gasteiger partial charge in [-0.1, -0.05) is 11.8 Å². The number of nitrogens with one attached hydrogen (secondary N) is 1. The van der Waals surface area contributed by atoms with Crippen LogP contribution in [0.15, 0.2) is 4.99 Å². The highest BCUT2D eigenvalue weighted by atomic mass is 32.2. The van der Waals surface area contributed by atoms with Gasteiger partial charge in [-0.05, 0) is 20.3 Å². The molecule has 0 amide bonds. The summed E-state index contributed by atoms with van der Waals surface area (Å²) < 4.78 is 5.21. The van der Waals surface area contributed by atoms with Gasteiger partial charge in [-0.2, -0.15) is 0 Å². The van der Waals surface area contributed by atoms with E-state index < -0.39 is 0 Å². The standard InChI is InChI=1S/C9H18N2OS/c1-3-12-6-5-10-9-11-8(2)4-7-13-9/h8H,3-7H2,1-2H3,(H,10,11). The van der Waals surface area contributed by atoms with Gasteiger partial charge in [0.25, 0.3) is 0 Å². The molecule has 13 heavy (non-hydrogen) atoms. The van der Waals surface area contributed by atoms with Gasteiger partial charge in [0.1, 0.15) is 0 Å². The molecule has 1 aliphatic heterocycles. The van der Waals surface area contributed by atoms with Crippen LogP contribution >= 0.6 is 11.8 Å². The quantitative estimate of drug-likeness (QED) is 0.701. The first kappa shape index (κ1) is 10.9. The molecule has 0 aromatic heterocycles. The number of amidine groups is 1. The van der Waals surface area contributed by atoms with E-state index in [1.807, 2.05) is 18.7 Å². The lowest BCUT2D eigenvalue weighted by molar-refractivity contribution is 0.156. The van der Waals surface area contributed by atoms with Crippen molar-refractivity contribution in [2.75, 3.05) is 25.5 Å². The van der Waals surface area contributed by atoms with Crippen LogP contribution in [0.25, 0.3) is 0 Å². The molecule has 0 spiro atoms. The predicted octanol–water partition coefficient (Wildman–Crippen LogP) is 1.49. The Hall–Kier alpha value is -0.220. The first-order chi connectivity index (χ1) is 6.33. The summed E-state index contributed by atoms with van der Waals surface area (Å²) >= 11 is 1.81. The van der Waals surface area contributed by atoms with Crippen LogP contribution in [-0.4, -0.2) is 36.7 Å². The van der Waals surface area contributed by atoms with E-state index in [9.17, 15) is 0 Å². The van der Waals surface area contributed by atoms with E-state index >= 15 is 0 Å². The largest absolute Gasteiger partial charge is 0.380 e. The van der Waals surface area contributed by atoms with Crippen LogP contribution in [0, 0.1) is 0 Å². The molecule has 0 aromatic rings.